The lowest BCUT2D eigenvalue weighted by Crippen LogP contribution is -2.60. The van der Waals surface area contributed by atoms with Crippen LogP contribution < -0.4 is 11.3 Å². The third kappa shape index (κ3) is 3.67. The van der Waals surface area contributed by atoms with E-state index < -0.39 is 0 Å². The molecule has 1 rings (SSSR count). The lowest BCUT2D eigenvalue weighted by atomic mass is 9.99. The van der Waals surface area contributed by atoms with Crippen LogP contribution in [0.25, 0.3) is 0 Å². The number of hydrazine groups is 1. The highest BCUT2D eigenvalue weighted by Gasteiger charge is 2.33. The summed E-state index contributed by atoms with van der Waals surface area (Å²) >= 11 is 0. The molecular weight excluding hydrogens is 228 g/mol. The number of nitrogens with two attached hydrogens (primary N) is 1. The summed E-state index contributed by atoms with van der Waals surface area (Å²) in [5.41, 5.74) is 2.49. The van der Waals surface area contributed by atoms with Crippen molar-refractivity contribution in [2.45, 2.75) is 46.2 Å². The number of hydrogen-bond acceptors (Lipinski definition) is 4. The van der Waals surface area contributed by atoms with Gasteiger partial charge in [-0.1, -0.05) is 13.8 Å². The number of hydrogen-bond donors (Lipinski definition) is 2. The topological polar surface area (TPSA) is 61.6 Å². The Morgan fingerprint density at radius 2 is 1.67 bits per heavy atom. The molecule has 1 fully saturated rings. The number of piperazine rings is 1. The molecule has 1 aliphatic heterocycles. The fourth-order valence-electron chi connectivity index (χ4n) is 2.65. The second-order valence-electron chi connectivity index (χ2n) is 6.39. The van der Waals surface area contributed by atoms with E-state index in [4.69, 9.17) is 5.84 Å². The summed E-state index contributed by atoms with van der Waals surface area (Å²) in [6.07, 6.45) is 0. The van der Waals surface area contributed by atoms with E-state index in [2.05, 4.69) is 49.8 Å². The normalized spacial score (nSPS) is 21.1. The summed E-state index contributed by atoms with van der Waals surface area (Å²) in [5, 5.41) is 0. The largest absolute Gasteiger partial charge is 0.296 e. The highest BCUT2D eigenvalue weighted by atomic mass is 16.2. The summed E-state index contributed by atoms with van der Waals surface area (Å²) < 4.78 is 0. The van der Waals surface area contributed by atoms with Crippen molar-refractivity contribution in [2.24, 2.45) is 11.8 Å². The van der Waals surface area contributed by atoms with Crippen LogP contribution in [-0.4, -0.2) is 53.5 Å². The molecule has 18 heavy (non-hydrogen) atoms. The molecule has 0 spiro atoms. The van der Waals surface area contributed by atoms with Crippen molar-refractivity contribution in [1.29, 1.82) is 0 Å². The molecule has 1 atom stereocenters. The Labute approximate surface area is 111 Å². The number of carbonyl (C=O) groups is 1. The van der Waals surface area contributed by atoms with Crippen molar-refractivity contribution < 1.29 is 4.79 Å². The van der Waals surface area contributed by atoms with Crippen molar-refractivity contribution in [2.75, 3.05) is 26.2 Å². The number of nitrogens with zero attached hydrogens (tertiary/aromatic N) is 2. The van der Waals surface area contributed by atoms with E-state index in [0.29, 0.717) is 0 Å². The first-order valence-electron chi connectivity index (χ1n) is 6.77. The van der Waals surface area contributed by atoms with Crippen LogP contribution in [0.15, 0.2) is 0 Å². The predicted molar refractivity (Wildman–Crippen MR) is 73.9 cm³/mol. The monoisotopic (exact) mass is 256 g/mol. The molecule has 1 aliphatic rings. The third-order valence-electron chi connectivity index (χ3n) is 3.70. The van der Waals surface area contributed by atoms with E-state index in [1.165, 1.54) is 0 Å². The molecule has 0 aromatic rings. The van der Waals surface area contributed by atoms with Gasteiger partial charge in [0.25, 0.3) is 5.91 Å². The van der Waals surface area contributed by atoms with Crippen molar-refractivity contribution in [3.63, 3.8) is 0 Å². The molecule has 1 saturated heterocycles. The maximum absolute atomic E-state index is 11.8. The Morgan fingerprint density at radius 1 is 1.17 bits per heavy atom. The summed E-state index contributed by atoms with van der Waals surface area (Å²) in [4.78, 5) is 16.5. The smallest absolute Gasteiger partial charge is 0.251 e. The average Bonchev–Trinajstić information content (AvgIpc) is 2.28. The molecule has 1 unspecified atom stereocenters. The predicted octanol–water partition coefficient (Wildman–Crippen LogP) is 0.417. The molecule has 0 bridgehead atoms. The van der Waals surface area contributed by atoms with Gasteiger partial charge in [0.1, 0.15) is 0 Å². The van der Waals surface area contributed by atoms with E-state index in [-0.39, 0.29) is 23.4 Å². The molecule has 3 N–H and O–H groups in total. The van der Waals surface area contributed by atoms with Gasteiger partial charge >= 0.3 is 0 Å². The van der Waals surface area contributed by atoms with Crippen LogP contribution >= 0.6 is 0 Å². The van der Waals surface area contributed by atoms with E-state index in [0.717, 1.165) is 26.2 Å². The minimum Gasteiger partial charge on any atom is -0.296 e. The second kappa shape index (κ2) is 5.99. The Hall–Kier alpha value is -0.650. The van der Waals surface area contributed by atoms with Crippen molar-refractivity contribution >= 4 is 5.91 Å². The first kappa shape index (κ1) is 15.4. The Bertz CT molecular complexity index is 277. The van der Waals surface area contributed by atoms with Gasteiger partial charge < -0.3 is 0 Å². The molecule has 0 radical (unpaired) electrons. The van der Waals surface area contributed by atoms with Crippen molar-refractivity contribution in [3.05, 3.63) is 0 Å². The van der Waals surface area contributed by atoms with Gasteiger partial charge in [-0.3, -0.25) is 20.0 Å². The zero-order chi connectivity index (χ0) is 13.9. The maximum Gasteiger partial charge on any atom is 0.251 e. The van der Waals surface area contributed by atoms with E-state index >= 15 is 0 Å². The van der Waals surface area contributed by atoms with Gasteiger partial charge in [0, 0.05) is 31.7 Å². The van der Waals surface area contributed by atoms with Crippen LogP contribution in [0.4, 0.5) is 0 Å². The first-order chi connectivity index (χ1) is 8.27. The van der Waals surface area contributed by atoms with Crippen molar-refractivity contribution in [3.8, 4) is 0 Å². The average molecular weight is 256 g/mol. The standard InChI is InChI=1S/C13H28N4O/c1-10(2)11(12(18)15-14)16-6-8-17(9-7-16)13(3,4)5/h10-11H,6-9,14H2,1-5H3,(H,15,18). The Kier molecular flexibility index (Phi) is 5.13. The molecule has 1 heterocycles. The van der Waals surface area contributed by atoms with Gasteiger partial charge in [-0.2, -0.15) is 0 Å². The molecule has 1 amide bonds. The Balaban J connectivity index is 2.62. The summed E-state index contributed by atoms with van der Waals surface area (Å²) in [5.74, 6) is 5.48. The summed E-state index contributed by atoms with van der Waals surface area (Å²) in [6.45, 7) is 14.7. The molecule has 0 aromatic heterocycles. The fraction of sp³-hybridized carbons (Fsp3) is 0.923. The summed E-state index contributed by atoms with van der Waals surface area (Å²) in [7, 11) is 0. The molecule has 0 aromatic carbocycles. The minimum absolute atomic E-state index is 0.0748. The second-order valence-corrected chi connectivity index (χ2v) is 6.39. The molecule has 5 heteroatoms. The van der Waals surface area contributed by atoms with Crippen LogP contribution in [-0.2, 0) is 4.79 Å². The number of carbonyl (C=O) groups excluding carboxylic acids is 1. The van der Waals surface area contributed by atoms with E-state index in [1.54, 1.807) is 0 Å². The third-order valence-corrected chi connectivity index (χ3v) is 3.70. The lowest BCUT2D eigenvalue weighted by Gasteiger charge is -2.44. The molecule has 0 aliphatic carbocycles. The zero-order valence-electron chi connectivity index (χ0n) is 12.4. The minimum atomic E-state index is -0.114. The van der Waals surface area contributed by atoms with Gasteiger partial charge in [-0.05, 0) is 26.7 Å². The molecule has 106 valence electrons. The van der Waals surface area contributed by atoms with Gasteiger partial charge in [0.2, 0.25) is 0 Å². The first-order valence-corrected chi connectivity index (χ1v) is 6.77. The van der Waals surface area contributed by atoms with Gasteiger partial charge in [-0.15, -0.1) is 0 Å². The number of amides is 1. The molecule has 5 nitrogen and oxygen atoms in total. The van der Waals surface area contributed by atoms with Gasteiger partial charge in [0.15, 0.2) is 0 Å². The van der Waals surface area contributed by atoms with Crippen LogP contribution in [0.5, 0.6) is 0 Å². The van der Waals surface area contributed by atoms with Gasteiger partial charge in [-0.25, -0.2) is 5.84 Å². The van der Waals surface area contributed by atoms with Crippen LogP contribution in [0, 0.1) is 5.92 Å². The van der Waals surface area contributed by atoms with Crippen LogP contribution in [0.1, 0.15) is 34.6 Å². The number of nitrogens with one attached hydrogen (secondary N) is 1. The summed E-state index contributed by atoms with van der Waals surface area (Å²) in [6, 6.07) is -0.114. The quantitative estimate of drug-likeness (QED) is 0.436. The van der Waals surface area contributed by atoms with Gasteiger partial charge in [0.05, 0.1) is 6.04 Å². The van der Waals surface area contributed by atoms with Crippen molar-refractivity contribution in [1.82, 2.24) is 15.2 Å². The zero-order valence-corrected chi connectivity index (χ0v) is 12.4. The lowest BCUT2D eigenvalue weighted by molar-refractivity contribution is -0.129. The highest BCUT2D eigenvalue weighted by Crippen LogP contribution is 2.19. The van der Waals surface area contributed by atoms with Crippen LogP contribution in [0.2, 0.25) is 0 Å². The maximum atomic E-state index is 11.8. The van der Waals surface area contributed by atoms with E-state index in [1.807, 2.05) is 0 Å². The fourth-order valence-corrected chi connectivity index (χ4v) is 2.65. The SMILES string of the molecule is CC(C)C(C(=O)NN)N1CCN(C(C)(C)C)CC1. The van der Waals surface area contributed by atoms with E-state index in [9.17, 15) is 4.79 Å². The number of rotatable bonds is 3. The molecule has 0 saturated carbocycles. The molecular formula is C13H28N4O. The van der Waals surface area contributed by atoms with Crippen LogP contribution in [0.3, 0.4) is 0 Å². The highest BCUT2D eigenvalue weighted by molar-refractivity contribution is 5.81. The Morgan fingerprint density at radius 3 is 2.00 bits per heavy atom.